The van der Waals surface area contributed by atoms with Crippen LogP contribution < -0.4 is 4.74 Å². The summed E-state index contributed by atoms with van der Waals surface area (Å²) in [6.45, 7) is 6.85. The molecule has 41 heavy (non-hydrogen) atoms. The summed E-state index contributed by atoms with van der Waals surface area (Å²) in [6, 6.07) is 22.7. The van der Waals surface area contributed by atoms with Crippen molar-refractivity contribution in [3.63, 3.8) is 0 Å². The molecule has 0 saturated heterocycles. The van der Waals surface area contributed by atoms with Crippen LogP contribution in [-0.4, -0.2) is 6.61 Å². The number of hydrogen-bond acceptors (Lipinski definition) is 1. The molecule has 0 aliphatic rings. The normalized spacial score (nSPS) is 9.63. The third-order valence-corrected chi connectivity index (χ3v) is 6.87. The molecule has 0 bridgehead atoms. The molecule has 0 aliphatic carbocycles. The highest BCUT2D eigenvalue weighted by Gasteiger charge is 2.03. The maximum Gasteiger partial charge on any atom is 0.135 e. The van der Waals surface area contributed by atoms with E-state index < -0.39 is 0 Å². The van der Waals surface area contributed by atoms with E-state index in [0.29, 0.717) is 6.61 Å². The van der Waals surface area contributed by atoms with Crippen LogP contribution in [0.2, 0.25) is 0 Å². The number of unbranched alkanes of at least 4 members (excludes halogenated alkanes) is 9. The Morgan fingerprint density at radius 2 is 1.10 bits per heavy atom. The maximum absolute atomic E-state index is 6.10. The summed E-state index contributed by atoms with van der Waals surface area (Å²) in [5.74, 6) is 24.7. The molecule has 0 aromatic heterocycles. The summed E-state index contributed by atoms with van der Waals surface area (Å²) in [6.07, 6.45) is 13.1. The van der Waals surface area contributed by atoms with Crippen LogP contribution >= 0.6 is 0 Å². The van der Waals surface area contributed by atoms with Gasteiger partial charge in [-0.25, -0.2) is 0 Å². The smallest absolute Gasteiger partial charge is 0.135 e. The average Bonchev–Trinajstić information content (AvgIpc) is 3.00. The minimum Gasteiger partial charge on any atom is -0.492 e. The van der Waals surface area contributed by atoms with Crippen LogP contribution in [0, 0.1) is 54.3 Å². The van der Waals surface area contributed by atoms with E-state index >= 15 is 0 Å². The predicted octanol–water partition coefficient (Wildman–Crippen LogP) is 9.74. The van der Waals surface area contributed by atoms with E-state index in [0.717, 1.165) is 28.9 Å². The van der Waals surface area contributed by atoms with Crippen molar-refractivity contribution in [1.29, 1.82) is 0 Å². The van der Waals surface area contributed by atoms with E-state index in [-0.39, 0.29) is 0 Å². The average molecular weight is 539 g/mol. The quantitative estimate of drug-likeness (QED) is 0.155. The summed E-state index contributed by atoms with van der Waals surface area (Å²) in [4.78, 5) is 0. The molecule has 208 valence electrons. The molecule has 1 heteroatoms. The van der Waals surface area contributed by atoms with Gasteiger partial charge in [0.2, 0.25) is 0 Å². The Morgan fingerprint density at radius 1 is 0.561 bits per heavy atom. The van der Waals surface area contributed by atoms with Crippen LogP contribution in [0.1, 0.15) is 100 Å². The van der Waals surface area contributed by atoms with Crippen molar-refractivity contribution in [3.05, 3.63) is 89.0 Å². The summed E-state index contributed by atoms with van der Waals surface area (Å²) >= 11 is 0. The third kappa shape index (κ3) is 12.2. The highest BCUT2D eigenvalue weighted by molar-refractivity contribution is 5.65. The highest BCUT2D eigenvalue weighted by Crippen LogP contribution is 2.21. The third-order valence-electron chi connectivity index (χ3n) is 6.87. The van der Waals surface area contributed by atoms with Gasteiger partial charge in [-0.2, -0.15) is 0 Å². The van der Waals surface area contributed by atoms with Crippen LogP contribution in [0.3, 0.4) is 0 Å². The van der Waals surface area contributed by atoms with E-state index in [9.17, 15) is 0 Å². The summed E-state index contributed by atoms with van der Waals surface area (Å²) in [7, 11) is 0. The molecule has 0 radical (unpaired) electrons. The van der Waals surface area contributed by atoms with Crippen LogP contribution in [-0.2, 0) is 0 Å². The van der Waals surface area contributed by atoms with Gasteiger partial charge in [-0.1, -0.05) is 124 Å². The number of rotatable bonds is 13. The molecule has 0 N–H and O–H groups in total. The lowest BCUT2D eigenvalue weighted by molar-refractivity contribution is 0.303. The van der Waals surface area contributed by atoms with Gasteiger partial charge in [-0.05, 0) is 91.3 Å². The Morgan fingerprint density at radius 3 is 1.73 bits per heavy atom. The first-order valence-corrected chi connectivity index (χ1v) is 15.1. The van der Waals surface area contributed by atoms with Gasteiger partial charge in [0.25, 0.3) is 0 Å². The van der Waals surface area contributed by atoms with Crippen molar-refractivity contribution in [3.8, 4) is 64.2 Å². The molecule has 3 rings (SSSR count). The molecule has 3 aromatic carbocycles. The van der Waals surface area contributed by atoms with Gasteiger partial charge in [0.15, 0.2) is 0 Å². The Hall–Kier alpha value is -4.30. The first kappa shape index (κ1) is 31.2. The van der Waals surface area contributed by atoms with Gasteiger partial charge in [-0.15, -0.1) is 0 Å². The van der Waals surface area contributed by atoms with Crippen LogP contribution in [0.5, 0.6) is 5.75 Å². The minimum absolute atomic E-state index is 0.698. The molecule has 0 aliphatic heterocycles. The van der Waals surface area contributed by atoms with Crippen molar-refractivity contribution >= 4 is 0 Å². The minimum atomic E-state index is 0.698. The molecule has 0 spiro atoms. The van der Waals surface area contributed by atoms with Crippen LogP contribution in [0.4, 0.5) is 0 Å². The molecule has 0 heterocycles. The van der Waals surface area contributed by atoms with Gasteiger partial charge in [-0.3, -0.25) is 0 Å². The van der Waals surface area contributed by atoms with Crippen molar-refractivity contribution in [2.45, 2.75) is 85.0 Å². The lowest BCUT2D eigenvalue weighted by atomic mass is 10.0. The van der Waals surface area contributed by atoms with E-state index in [2.05, 4.69) is 97.6 Å². The number of ether oxygens (including phenoxy) is 1. The van der Waals surface area contributed by atoms with Crippen molar-refractivity contribution in [1.82, 2.24) is 0 Å². The summed E-state index contributed by atoms with van der Waals surface area (Å²) in [5.41, 5.74) is 6.25. The van der Waals surface area contributed by atoms with Gasteiger partial charge in [0.05, 0.1) is 12.2 Å². The number of aryl methyl sites for hydroxylation is 1. The Balaban J connectivity index is 1.52. The first-order valence-electron chi connectivity index (χ1n) is 15.1. The van der Waals surface area contributed by atoms with E-state index in [1.807, 2.05) is 30.3 Å². The Bertz CT molecular complexity index is 1460. The van der Waals surface area contributed by atoms with Gasteiger partial charge in [0.1, 0.15) is 5.75 Å². The second-order valence-electron chi connectivity index (χ2n) is 10.3. The molecule has 0 atom stereocenters. The van der Waals surface area contributed by atoms with Gasteiger partial charge in [0, 0.05) is 11.1 Å². The van der Waals surface area contributed by atoms with Crippen molar-refractivity contribution in [2.75, 3.05) is 6.61 Å². The van der Waals surface area contributed by atoms with Crippen molar-refractivity contribution < 1.29 is 4.74 Å². The summed E-state index contributed by atoms with van der Waals surface area (Å²) in [5, 5.41) is 0. The molecular weight excluding hydrogens is 496 g/mol. The zero-order valence-corrected chi connectivity index (χ0v) is 25.0. The largest absolute Gasteiger partial charge is 0.492 e. The highest BCUT2D eigenvalue weighted by atomic mass is 16.5. The van der Waals surface area contributed by atoms with E-state index in [1.165, 1.54) is 74.5 Å². The molecule has 1 nitrogen and oxygen atoms in total. The molecule has 0 unspecified atom stereocenters. The molecule has 0 saturated carbocycles. The fraction of sp³-hybridized carbons (Fsp3) is 0.350. The van der Waals surface area contributed by atoms with Crippen LogP contribution in [0.25, 0.3) is 11.1 Å². The number of benzene rings is 3. The molecule has 3 aromatic rings. The fourth-order valence-electron chi connectivity index (χ4n) is 4.46. The summed E-state index contributed by atoms with van der Waals surface area (Å²) < 4.78 is 6.10. The van der Waals surface area contributed by atoms with Crippen LogP contribution in [0.15, 0.2) is 66.7 Å². The second-order valence-corrected chi connectivity index (χ2v) is 10.3. The predicted molar refractivity (Wildman–Crippen MR) is 174 cm³/mol. The zero-order valence-electron chi connectivity index (χ0n) is 25.0. The van der Waals surface area contributed by atoms with Gasteiger partial charge >= 0.3 is 0 Å². The fourth-order valence-corrected chi connectivity index (χ4v) is 4.46. The lowest BCUT2D eigenvalue weighted by Gasteiger charge is -2.09. The van der Waals surface area contributed by atoms with Crippen molar-refractivity contribution in [2.24, 2.45) is 0 Å². The first-order chi connectivity index (χ1) is 20.2. The maximum atomic E-state index is 6.10. The molecule has 0 fully saturated rings. The Labute approximate surface area is 249 Å². The Kier molecular flexibility index (Phi) is 14.4. The van der Waals surface area contributed by atoms with E-state index in [1.54, 1.807) is 6.92 Å². The number of hydrogen-bond donors (Lipinski definition) is 0. The van der Waals surface area contributed by atoms with Gasteiger partial charge < -0.3 is 4.74 Å². The lowest BCUT2D eigenvalue weighted by Crippen LogP contribution is -1.99. The molecule has 0 amide bonds. The van der Waals surface area contributed by atoms with E-state index in [4.69, 9.17) is 4.74 Å². The topological polar surface area (TPSA) is 9.23 Å². The SMILES string of the molecule is CC#CC#Cc1cc(C#CC#Cc2ccc(-c3ccc(C)cc3)cc2)ccc1OCCCCCCCCCCCC. The monoisotopic (exact) mass is 538 g/mol. The zero-order chi connectivity index (χ0) is 29.0. The standard InChI is InChI=1S/C40H42O/c1-4-6-8-9-10-11-12-13-14-18-32-41-40-31-26-36(33-39(40)21-15-7-5-2)20-17-16-19-35-24-29-38(30-25-35)37-27-22-34(3)23-28-37/h22-31,33H,4,6,8-14,18,32H2,1-3H3. The second kappa shape index (κ2) is 18.9. The molecular formula is C40H42O.